The first-order chi connectivity index (χ1) is 12.8. The summed E-state index contributed by atoms with van der Waals surface area (Å²) >= 11 is 3.14. The van der Waals surface area contributed by atoms with Gasteiger partial charge in [-0.1, -0.05) is 0 Å². The molecule has 0 aliphatic carbocycles. The molecule has 150 valence electrons. The number of benzene rings is 1. The monoisotopic (exact) mass is 479 g/mol. The van der Waals surface area contributed by atoms with E-state index in [-0.39, 0.29) is 36.4 Å². The van der Waals surface area contributed by atoms with Crippen LogP contribution in [0.3, 0.4) is 0 Å². The van der Waals surface area contributed by atoms with Crippen LogP contribution in [0.4, 0.5) is 18.9 Å². The van der Waals surface area contributed by atoms with Crippen molar-refractivity contribution in [1.29, 1.82) is 0 Å². The van der Waals surface area contributed by atoms with Crippen LogP contribution in [0.25, 0.3) is 0 Å². The smallest absolute Gasteiger partial charge is 0.293 e. The third-order valence-corrected chi connectivity index (χ3v) is 4.20. The van der Waals surface area contributed by atoms with Gasteiger partial charge in [-0.05, 0) is 34.1 Å². The lowest BCUT2D eigenvalue weighted by Crippen LogP contribution is -2.45. The molecular weight excluding hydrogens is 467 g/mol. The van der Waals surface area contributed by atoms with E-state index in [0.717, 1.165) is 12.1 Å². The summed E-state index contributed by atoms with van der Waals surface area (Å²) in [5.41, 5.74) is 2.87. The number of hydrogen-bond acceptors (Lipinski definition) is 6. The number of amidine groups is 1. The summed E-state index contributed by atoms with van der Waals surface area (Å²) in [6.07, 6.45) is -0.326. The van der Waals surface area contributed by atoms with Crippen molar-refractivity contribution in [3.63, 3.8) is 0 Å². The normalized spacial score (nSPS) is 19.0. The quantitative estimate of drug-likeness (QED) is 0.701. The summed E-state index contributed by atoms with van der Waals surface area (Å²) in [6, 6.07) is 3.26. The molecule has 1 atom stereocenters. The maximum Gasteiger partial charge on any atom is 0.293 e. The lowest BCUT2D eigenvalue weighted by atomic mass is 9.90. The van der Waals surface area contributed by atoms with Crippen molar-refractivity contribution in [2.75, 3.05) is 18.5 Å². The number of alkyl halides is 2. The number of ether oxygens (including phenoxy) is 1. The summed E-state index contributed by atoms with van der Waals surface area (Å²) < 4.78 is 47.6. The van der Waals surface area contributed by atoms with Crippen molar-refractivity contribution in [2.45, 2.75) is 12.0 Å². The second-order valence-corrected chi connectivity index (χ2v) is 6.61. The van der Waals surface area contributed by atoms with Gasteiger partial charge in [0.05, 0.1) is 11.1 Å². The molecule has 12 heteroatoms. The van der Waals surface area contributed by atoms with Gasteiger partial charge in [0.2, 0.25) is 5.82 Å². The third-order valence-electron chi connectivity index (χ3n) is 3.79. The summed E-state index contributed by atoms with van der Waals surface area (Å²) in [5, 5.41) is 2.44. The van der Waals surface area contributed by atoms with Crippen LogP contribution in [-0.4, -0.2) is 41.3 Å². The zero-order valence-corrected chi connectivity index (χ0v) is 16.4. The van der Waals surface area contributed by atoms with Crippen LogP contribution in [0.2, 0.25) is 0 Å². The minimum Gasteiger partial charge on any atom is -0.385 e. The van der Waals surface area contributed by atoms with E-state index in [9.17, 15) is 18.0 Å². The van der Waals surface area contributed by atoms with Gasteiger partial charge in [0, 0.05) is 23.6 Å². The standard InChI is InChI=1S/C16H13BrF3N5O2.ClH/c17-8-4-22-13(23-5-8)14(26)24-9-1-2-11(18)10(3-9)16(15(19)20)7-27-6-12(21)25-16;/h1-5,15H,6-7H2,(H2,21,25)(H,24,26);1H/t16-;/m0./s1. The van der Waals surface area contributed by atoms with E-state index in [2.05, 4.69) is 36.2 Å². The van der Waals surface area contributed by atoms with Gasteiger partial charge >= 0.3 is 0 Å². The predicted octanol–water partition coefficient (Wildman–Crippen LogP) is 2.90. The Morgan fingerprint density at radius 1 is 1.32 bits per heavy atom. The number of aromatic nitrogens is 2. The van der Waals surface area contributed by atoms with E-state index in [1.54, 1.807) is 0 Å². The second-order valence-electron chi connectivity index (χ2n) is 5.69. The zero-order valence-electron chi connectivity index (χ0n) is 14.0. The highest BCUT2D eigenvalue weighted by atomic mass is 79.9. The Kier molecular flexibility index (Phi) is 6.96. The van der Waals surface area contributed by atoms with Crippen LogP contribution in [-0.2, 0) is 10.3 Å². The molecule has 0 bridgehead atoms. The van der Waals surface area contributed by atoms with Gasteiger partial charge in [-0.3, -0.25) is 9.79 Å². The highest BCUT2D eigenvalue weighted by Gasteiger charge is 2.46. The van der Waals surface area contributed by atoms with Gasteiger partial charge in [-0.15, -0.1) is 12.4 Å². The zero-order chi connectivity index (χ0) is 19.6. The van der Waals surface area contributed by atoms with Gasteiger partial charge in [0.1, 0.15) is 18.3 Å². The van der Waals surface area contributed by atoms with Crippen LogP contribution in [0.5, 0.6) is 0 Å². The Hall–Kier alpha value is -2.24. The van der Waals surface area contributed by atoms with Crippen molar-refractivity contribution in [2.24, 2.45) is 10.7 Å². The fourth-order valence-corrected chi connectivity index (χ4v) is 2.76. The Morgan fingerprint density at radius 2 is 2.00 bits per heavy atom. The van der Waals surface area contributed by atoms with Crippen molar-refractivity contribution in [3.8, 4) is 0 Å². The summed E-state index contributed by atoms with van der Waals surface area (Å²) in [6.45, 7) is -0.664. The highest BCUT2D eigenvalue weighted by Crippen LogP contribution is 2.37. The molecule has 1 aromatic carbocycles. The minimum absolute atomic E-state index is 0. The number of hydrogen-bond donors (Lipinski definition) is 2. The highest BCUT2D eigenvalue weighted by molar-refractivity contribution is 9.10. The number of nitrogens with two attached hydrogens (primary N) is 1. The number of nitrogens with zero attached hydrogens (tertiary/aromatic N) is 3. The maximum absolute atomic E-state index is 14.3. The SMILES string of the molecule is Cl.NC1=N[C@@](c2cc(NC(=O)c3ncc(Br)cn3)ccc2F)(C(F)F)COC1. The van der Waals surface area contributed by atoms with Gasteiger partial charge in [0.25, 0.3) is 12.3 Å². The first kappa shape index (κ1) is 22.1. The number of carbonyl (C=O) groups is 1. The fourth-order valence-electron chi connectivity index (χ4n) is 2.55. The van der Waals surface area contributed by atoms with E-state index in [1.165, 1.54) is 18.5 Å². The van der Waals surface area contributed by atoms with Gasteiger partial charge in [0.15, 0.2) is 5.54 Å². The Bertz CT molecular complexity index is 900. The summed E-state index contributed by atoms with van der Waals surface area (Å²) in [4.78, 5) is 23.6. The Balaban J connectivity index is 0.00000280. The number of carbonyl (C=O) groups excluding carboxylic acids is 1. The largest absolute Gasteiger partial charge is 0.385 e. The predicted molar refractivity (Wildman–Crippen MR) is 101 cm³/mol. The molecule has 3 N–H and O–H groups in total. The molecule has 0 unspecified atom stereocenters. The van der Waals surface area contributed by atoms with Crippen molar-refractivity contribution in [1.82, 2.24) is 9.97 Å². The molecular formula is C16H14BrClF3N5O2. The van der Waals surface area contributed by atoms with Crippen LogP contribution < -0.4 is 11.1 Å². The van der Waals surface area contributed by atoms with Crippen LogP contribution in [0.1, 0.15) is 16.2 Å². The van der Waals surface area contributed by atoms with Crippen LogP contribution in [0, 0.1) is 5.82 Å². The molecule has 7 nitrogen and oxygen atoms in total. The molecule has 1 amide bonds. The van der Waals surface area contributed by atoms with Gasteiger partial charge < -0.3 is 15.8 Å². The van der Waals surface area contributed by atoms with Crippen LogP contribution in [0.15, 0.2) is 40.1 Å². The number of rotatable bonds is 4. The molecule has 0 saturated heterocycles. The van der Waals surface area contributed by atoms with E-state index >= 15 is 0 Å². The number of anilines is 1. The molecule has 1 aliphatic rings. The first-order valence-electron chi connectivity index (χ1n) is 7.61. The number of nitrogens with one attached hydrogen (secondary N) is 1. The molecule has 0 fully saturated rings. The molecule has 2 aromatic rings. The average molecular weight is 481 g/mol. The molecule has 0 radical (unpaired) electrons. The first-order valence-corrected chi connectivity index (χ1v) is 8.40. The van der Waals surface area contributed by atoms with Crippen molar-refractivity contribution in [3.05, 3.63) is 52.3 Å². The Labute approximate surface area is 172 Å². The molecule has 0 saturated carbocycles. The van der Waals surface area contributed by atoms with E-state index in [1.807, 2.05) is 0 Å². The molecule has 1 aliphatic heterocycles. The molecule has 2 heterocycles. The number of halogens is 5. The van der Waals surface area contributed by atoms with Crippen molar-refractivity contribution >= 4 is 45.8 Å². The minimum atomic E-state index is -3.08. The van der Waals surface area contributed by atoms with E-state index < -0.39 is 35.9 Å². The Morgan fingerprint density at radius 3 is 2.61 bits per heavy atom. The molecule has 28 heavy (non-hydrogen) atoms. The third kappa shape index (κ3) is 4.42. The second kappa shape index (κ2) is 8.84. The fraction of sp³-hybridized carbons (Fsp3) is 0.250. The van der Waals surface area contributed by atoms with Gasteiger partial charge in [-0.2, -0.15) is 0 Å². The van der Waals surface area contributed by atoms with Gasteiger partial charge in [-0.25, -0.2) is 23.1 Å². The molecule has 0 spiro atoms. The molecule has 3 rings (SSSR count). The van der Waals surface area contributed by atoms with E-state index in [0.29, 0.717) is 4.47 Å². The maximum atomic E-state index is 14.3. The number of aliphatic imine (C=N–C) groups is 1. The van der Waals surface area contributed by atoms with Crippen molar-refractivity contribution < 1.29 is 22.7 Å². The van der Waals surface area contributed by atoms with Crippen LogP contribution >= 0.6 is 28.3 Å². The van der Waals surface area contributed by atoms with E-state index in [4.69, 9.17) is 10.5 Å². The number of amides is 1. The lowest BCUT2D eigenvalue weighted by Gasteiger charge is -2.33. The lowest BCUT2D eigenvalue weighted by molar-refractivity contribution is -0.0145. The topological polar surface area (TPSA) is 102 Å². The molecule has 1 aromatic heterocycles. The summed E-state index contributed by atoms with van der Waals surface area (Å²) in [5.74, 6) is -1.92. The summed E-state index contributed by atoms with van der Waals surface area (Å²) in [7, 11) is 0. The average Bonchev–Trinajstić information content (AvgIpc) is 2.63.